The zero-order valence-electron chi connectivity index (χ0n) is 36.5. The Morgan fingerprint density at radius 3 is 2.29 bits per heavy atom. The lowest BCUT2D eigenvalue weighted by Crippen LogP contribution is -2.53. The Bertz CT molecular complexity index is 2610. The van der Waals surface area contributed by atoms with Gasteiger partial charge in [0.15, 0.2) is 0 Å². The number of aliphatic imine (C=N–C) groups is 1. The van der Waals surface area contributed by atoms with E-state index < -0.39 is 24.3 Å². The molecule has 16 nitrogen and oxygen atoms in total. The van der Waals surface area contributed by atoms with Crippen molar-refractivity contribution in [2.45, 2.75) is 62.3 Å². The number of aromatic nitrogens is 3. The van der Waals surface area contributed by atoms with E-state index >= 15 is 0 Å². The third-order valence-electron chi connectivity index (χ3n) is 13.0. The van der Waals surface area contributed by atoms with Gasteiger partial charge in [0.05, 0.1) is 50.8 Å². The fourth-order valence-electron chi connectivity index (χ4n) is 9.56. The summed E-state index contributed by atoms with van der Waals surface area (Å²) < 4.78 is 15.2. The highest BCUT2D eigenvalue weighted by molar-refractivity contribution is 5.96. The molecule has 4 aliphatic rings. The number of H-pyrrole nitrogens is 1. The van der Waals surface area contributed by atoms with E-state index in [1.165, 1.54) is 14.2 Å². The van der Waals surface area contributed by atoms with Gasteiger partial charge in [0.2, 0.25) is 5.91 Å². The van der Waals surface area contributed by atoms with Gasteiger partial charge in [-0.05, 0) is 83.7 Å². The van der Waals surface area contributed by atoms with Crippen LogP contribution in [0.3, 0.4) is 0 Å². The first-order valence-corrected chi connectivity index (χ1v) is 22.1. The number of benzene rings is 3. The van der Waals surface area contributed by atoms with Crippen LogP contribution < -0.4 is 16.0 Å². The topological polar surface area (TPSA) is 192 Å². The summed E-state index contributed by atoms with van der Waals surface area (Å²) in [6.45, 7) is 6.75. The van der Waals surface area contributed by atoms with Crippen molar-refractivity contribution in [1.29, 1.82) is 0 Å². The van der Waals surface area contributed by atoms with Gasteiger partial charge in [0, 0.05) is 49.8 Å². The number of pyridine rings is 1. The molecule has 16 heteroatoms. The van der Waals surface area contributed by atoms with Crippen molar-refractivity contribution in [2.75, 3.05) is 47.1 Å². The minimum atomic E-state index is -0.980. The molecule has 6 heterocycles. The zero-order chi connectivity index (χ0) is 45.0. The van der Waals surface area contributed by atoms with Crippen LogP contribution in [0.5, 0.6) is 0 Å². The number of aromatic amines is 1. The van der Waals surface area contributed by atoms with Crippen molar-refractivity contribution in [1.82, 2.24) is 40.7 Å². The minimum Gasteiger partial charge on any atom is -0.453 e. The molecule has 9 rings (SSSR count). The highest BCUT2D eigenvalue weighted by Gasteiger charge is 2.42. The Kier molecular flexibility index (Phi) is 12.6. The van der Waals surface area contributed by atoms with Crippen LogP contribution in [0.1, 0.15) is 67.2 Å². The number of carbonyl (C=O) groups is 4. The molecular weight excluding hydrogens is 827 g/mol. The summed E-state index contributed by atoms with van der Waals surface area (Å²) in [5.41, 5.74) is 6.55. The van der Waals surface area contributed by atoms with E-state index in [4.69, 9.17) is 24.2 Å². The van der Waals surface area contributed by atoms with Crippen LogP contribution in [0.15, 0.2) is 109 Å². The van der Waals surface area contributed by atoms with Crippen molar-refractivity contribution in [3.05, 3.63) is 120 Å². The van der Waals surface area contributed by atoms with E-state index in [0.717, 1.165) is 63.0 Å². The standard InChI is InChI=1S/C49H53N9O7/c1-29-22-41(58(28-29)47(60)43(56-49(62)64-3)37-6-4-18-50-25-37)45-52-26-38(53-45)31-10-8-30(9-11-31)33-12-13-35-24-36(15-14-34(35)23-33)39-27-51-44(54-39)40-7-5-19-57(40)46(59)42(55-48(61)63-2)32-16-20-65-21-17-32/h4,6,8-15,18,23-25,27,32,38,40-43H,1,5,7,16-17,19-22,26,28H2,2-3H3,(H,51,54)(H,52,53)(H,55,61)(H,56,62)/t38?,40-,41-,42-,43?/m0/s1. The number of alkyl carbamates (subject to hydrolysis) is 2. The highest BCUT2D eigenvalue weighted by atomic mass is 16.5. The molecule has 0 saturated carbocycles. The highest BCUT2D eigenvalue weighted by Crippen LogP contribution is 2.36. The SMILES string of the molecule is C=C1C[C@@H](C2=NCC(c3ccc(-c4ccc5cc(-c6cnc([C@@H]7CCCN7C(=O)[C@@H](NC(=O)OC)C7CCOCC7)[nH]6)ccc5c4)cc3)N2)N(C(=O)C(NC(=O)OC)c2cccnc2)C1. The minimum absolute atomic E-state index is 0.0325. The monoisotopic (exact) mass is 879 g/mol. The molecule has 3 saturated heterocycles. The number of methoxy groups -OCH3 is 2. The molecule has 65 heavy (non-hydrogen) atoms. The number of ether oxygens (including phenoxy) is 3. The van der Waals surface area contributed by atoms with Crippen LogP contribution in [0.25, 0.3) is 33.2 Å². The van der Waals surface area contributed by atoms with Crippen molar-refractivity contribution in [2.24, 2.45) is 10.9 Å². The molecule has 4 N–H and O–H groups in total. The van der Waals surface area contributed by atoms with Gasteiger partial charge in [-0.2, -0.15) is 0 Å². The average Bonchev–Trinajstić information content (AvgIpc) is 4.20. The summed E-state index contributed by atoms with van der Waals surface area (Å²) in [6, 6.07) is 22.4. The molecule has 5 aromatic rings. The lowest BCUT2D eigenvalue weighted by atomic mass is 9.90. The molecular formula is C49H53N9O7. The summed E-state index contributed by atoms with van der Waals surface area (Å²) in [4.78, 5) is 73.5. The van der Waals surface area contributed by atoms with E-state index in [2.05, 4.69) is 93.2 Å². The second kappa shape index (κ2) is 19.0. The van der Waals surface area contributed by atoms with Gasteiger partial charge in [0.25, 0.3) is 5.91 Å². The molecule has 0 spiro atoms. The Balaban J connectivity index is 0.849. The first-order valence-electron chi connectivity index (χ1n) is 22.1. The number of fused-ring (bicyclic) bond motifs is 1. The number of amidine groups is 1. The predicted molar refractivity (Wildman–Crippen MR) is 243 cm³/mol. The molecule has 5 atom stereocenters. The van der Waals surface area contributed by atoms with Crippen molar-refractivity contribution in [3.63, 3.8) is 0 Å². The summed E-state index contributed by atoms with van der Waals surface area (Å²) in [5.74, 6) is 1.00. The third-order valence-corrected chi connectivity index (χ3v) is 13.0. The van der Waals surface area contributed by atoms with E-state index in [1.54, 1.807) is 29.4 Å². The van der Waals surface area contributed by atoms with Gasteiger partial charge in [-0.3, -0.25) is 19.6 Å². The number of amides is 4. The Hall–Kier alpha value is -7.07. The van der Waals surface area contributed by atoms with Crippen molar-refractivity contribution >= 4 is 40.6 Å². The molecule has 0 aliphatic carbocycles. The fourth-order valence-corrected chi connectivity index (χ4v) is 9.56. The molecule has 0 bridgehead atoms. The van der Waals surface area contributed by atoms with Crippen LogP contribution >= 0.6 is 0 Å². The molecule has 3 fully saturated rings. The number of imidazole rings is 1. The van der Waals surface area contributed by atoms with Gasteiger partial charge in [0.1, 0.15) is 23.7 Å². The lowest BCUT2D eigenvalue weighted by molar-refractivity contribution is -0.137. The maximum atomic E-state index is 14.0. The van der Waals surface area contributed by atoms with E-state index in [0.29, 0.717) is 63.5 Å². The first kappa shape index (κ1) is 43.2. The van der Waals surface area contributed by atoms with E-state index in [-0.39, 0.29) is 35.9 Å². The summed E-state index contributed by atoms with van der Waals surface area (Å²) in [5, 5.41) is 11.3. The third kappa shape index (κ3) is 9.16. The number of hydrogen-bond acceptors (Lipinski definition) is 11. The van der Waals surface area contributed by atoms with Gasteiger partial charge < -0.3 is 44.9 Å². The number of nitrogens with one attached hydrogen (secondary N) is 4. The number of nitrogens with zero attached hydrogens (tertiary/aromatic N) is 5. The molecule has 0 radical (unpaired) electrons. The molecule has 4 amide bonds. The average molecular weight is 880 g/mol. The molecule has 2 aromatic heterocycles. The Morgan fingerprint density at radius 2 is 1.55 bits per heavy atom. The zero-order valence-corrected chi connectivity index (χ0v) is 36.5. The quantitative estimate of drug-likeness (QED) is 0.108. The first-order chi connectivity index (χ1) is 31.7. The lowest BCUT2D eigenvalue weighted by Gasteiger charge is -2.34. The van der Waals surface area contributed by atoms with Gasteiger partial charge in [-0.1, -0.05) is 66.7 Å². The second-order valence-electron chi connectivity index (χ2n) is 17.0. The molecule has 4 aliphatic heterocycles. The van der Waals surface area contributed by atoms with Crippen LogP contribution in [0.2, 0.25) is 0 Å². The van der Waals surface area contributed by atoms with Gasteiger partial charge >= 0.3 is 12.2 Å². The maximum Gasteiger partial charge on any atom is 0.407 e. The van der Waals surface area contributed by atoms with Crippen LogP contribution in [0.4, 0.5) is 9.59 Å². The van der Waals surface area contributed by atoms with Crippen molar-refractivity contribution in [3.8, 4) is 22.4 Å². The number of carbonyl (C=O) groups excluding carboxylic acids is 4. The summed E-state index contributed by atoms with van der Waals surface area (Å²) >= 11 is 0. The molecule has 3 aromatic carbocycles. The van der Waals surface area contributed by atoms with Gasteiger partial charge in [-0.15, -0.1) is 0 Å². The number of rotatable bonds is 11. The second-order valence-corrected chi connectivity index (χ2v) is 17.0. The summed E-state index contributed by atoms with van der Waals surface area (Å²) in [6.07, 6.45) is 7.23. The smallest absolute Gasteiger partial charge is 0.407 e. The number of hydrogen-bond donors (Lipinski definition) is 4. The summed E-state index contributed by atoms with van der Waals surface area (Å²) in [7, 11) is 2.57. The Morgan fingerprint density at radius 1 is 0.831 bits per heavy atom. The van der Waals surface area contributed by atoms with E-state index in [9.17, 15) is 19.2 Å². The van der Waals surface area contributed by atoms with Crippen LogP contribution in [0, 0.1) is 5.92 Å². The normalized spacial score (nSPS) is 20.8. The number of likely N-dealkylation sites (tertiary alicyclic amines) is 2. The van der Waals surface area contributed by atoms with E-state index in [1.807, 2.05) is 11.1 Å². The predicted octanol–water partition coefficient (Wildman–Crippen LogP) is 6.40. The van der Waals surface area contributed by atoms with Crippen LogP contribution in [-0.4, -0.2) is 114 Å². The fraction of sp³-hybridized carbons (Fsp3) is 0.367. The molecule has 336 valence electrons. The maximum absolute atomic E-state index is 14.0. The van der Waals surface area contributed by atoms with Crippen molar-refractivity contribution < 1.29 is 33.4 Å². The van der Waals surface area contributed by atoms with Gasteiger partial charge in [-0.25, -0.2) is 14.6 Å². The molecule has 2 unspecified atom stereocenters. The largest absolute Gasteiger partial charge is 0.453 e. The van der Waals surface area contributed by atoms with Crippen LogP contribution in [-0.2, 0) is 23.8 Å². The Labute approximate surface area is 376 Å².